The highest BCUT2D eigenvalue weighted by Gasteiger charge is 2.29. The quantitative estimate of drug-likeness (QED) is 0.889. The van der Waals surface area contributed by atoms with E-state index in [1.807, 2.05) is 13.0 Å². The van der Waals surface area contributed by atoms with Gasteiger partial charge in [0.1, 0.15) is 5.69 Å². The summed E-state index contributed by atoms with van der Waals surface area (Å²) in [6, 6.07) is 1.91. The standard InChI is InChI=1S/C16H21N5O2/c1-11-6-12(8-17-7-11)16(23)18-14-4-2-3-5-15(14)21-9-13(10-22)19-20-21/h6-9,14-15,22H,2-5,10H2,1H3,(H,18,23)/t14-,15+/m0/s1. The molecule has 0 aliphatic heterocycles. The first-order chi connectivity index (χ1) is 11.2. The Hall–Kier alpha value is -2.28. The van der Waals surface area contributed by atoms with Crippen molar-refractivity contribution in [3.05, 3.63) is 41.5 Å². The number of aromatic nitrogens is 4. The van der Waals surface area contributed by atoms with Crippen LogP contribution in [0.15, 0.2) is 24.7 Å². The van der Waals surface area contributed by atoms with Crippen LogP contribution >= 0.6 is 0 Å². The van der Waals surface area contributed by atoms with Gasteiger partial charge in [0.15, 0.2) is 0 Å². The normalized spacial score (nSPS) is 21.1. The number of nitrogens with one attached hydrogen (secondary N) is 1. The summed E-state index contributed by atoms with van der Waals surface area (Å²) < 4.78 is 1.77. The van der Waals surface area contributed by atoms with Crippen molar-refractivity contribution >= 4 is 5.91 Å². The van der Waals surface area contributed by atoms with Crippen LogP contribution in [-0.2, 0) is 6.61 Å². The number of aryl methyl sites for hydroxylation is 1. The van der Waals surface area contributed by atoms with Gasteiger partial charge < -0.3 is 10.4 Å². The van der Waals surface area contributed by atoms with Crippen molar-refractivity contribution in [1.82, 2.24) is 25.3 Å². The van der Waals surface area contributed by atoms with Gasteiger partial charge in [-0.25, -0.2) is 4.68 Å². The molecule has 7 heteroatoms. The Balaban J connectivity index is 1.75. The zero-order chi connectivity index (χ0) is 16.2. The van der Waals surface area contributed by atoms with Crippen LogP contribution < -0.4 is 5.32 Å². The van der Waals surface area contributed by atoms with Crippen molar-refractivity contribution in [2.24, 2.45) is 0 Å². The number of aliphatic hydroxyl groups excluding tert-OH is 1. The number of amides is 1. The summed E-state index contributed by atoms with van der Waals surface area (Å²) >= 11 is 0. The first-order valence-electron chi connectivity index (χ1n) is 7.91. The van der Waals surface area contributed by atoms with E-state index in [0.29, 0.717) is 11.3 Å². The van der Waals surface area contributed by atoms with E-state index >= 15 is 0 Å². The Morgan fingerprint density at radius 1 is 1.39 bits per heavy atom. The molecule has 1 aliphatic carbocycles. The van der Waals surface area contributed by atoms with E-state index in [1.54, 1.807) is 23.3 Å². The zero-order valence-electron chi connectivity index (χ0n) is 13.1. The Morgan fingerprint density at radius 2 is 2.22 bits per heavy atom. The average molecular weight is 315 g/mol. The van der Waals surface area contributed by atoms with E-state index in [-0.39, 0.29) is 24.6 Å². The van der Waals surface area contributed by atoms with Gasteiger partial charge in [-0.05, 0) is 31.4 Å². The molecule has 122 valence electrons. The molecule has 0 radical (unpaired) electrons. The van der Waals surface area contributed by atoms with Crippen LogP contribution in [-0.4, -0.2) is 37.0 Å². The Morgan fingerprint density at radius 3 is 2.96 bits per heavy atom. The van der Waals surface area contributed by atoms with Crippen LogP contribution in [0.5, 0.6) is 0 Å². The number of carbonyl (C=O) groups excluding carboxylic acids is 1. The van der Waals surface area contributed by atoms with Crippen LogP contribution in [0.2, 0.25) is 0 Å². The van der Waals surface area contributed by atoms with E-state index in [1.165, 1.54) is 0 Å². The molecule has 7 nitrogen and oxygen atoms in total. The molecule has 0 aromatic carbocycles. The molecule has 1 fully saturated rings. The van der Waals surface area contributed by atoms with E-state index in [4.69, 9.17) is 5.11 Å². The van der Waals surface area contributed by atoms with Crippen LogP contribution in [0.1, 0.15) is 53.3 Å². The van der Waals surface area contributed by atoms with Crippen molar-refractivity contribution in [3.8, 4) is 0 Å². The Bertz CT molecular complexity index is 685. The molecular formula is C16H21N5O2. The molecule has 1 saturated carbocycles. The summed E-state index contributed by atoms with van der Waals surface area (Å²) in [6.07, 6.45) is 9.08. The molecule has 1 amide bonds. The number of pyridine rings is 1. The second-order valence-electron chi connectivity index (χ2n) is 6.03. The van der Waals surface area contributed by atoms with Crippen molar-refractivity contribution in [3.63, 3.8) is 0 Å². The van der Waals surface area contributed by atoms with Crippen LogP contribution in [0.25, 0.3) is 0 Å². The predicted octanol–water partition coefficient (Wildman–Crippen LogP) is 1.39. The molecule has 0 spiro atoms. The lowest BCUT2D eigenvalue weighted by Crippen LogP contribution is -2.43. The van der Waals surface area contributed by atoms with Crippen LogP contribution in [0.4, 0.5) is 0 Å². The lowest BCUT2D eigenvalue weighted by Gasteiger charge is -2.32. The van der Waals surface area contributed by atoms with Crippen molar-refractivity contribution < 1.29 is 9.90 Å². The Labute approximate surface area is 134 Å². The first-order valence-corrected chi connectivity index (χ1v) is 7.91. The molecule has 2 aromatic rings. The first kappa shape index (κ1) is 15.6. The molecule has 2 atom stereocenters. The maximum absolute atomic E-state index is 12.5. The van der Waals surface area contributed by atoms with Gasteiger partial charge in [-0.3, -0.25) is 9.78 Å². The zero-order valence-corrected chi connectivity index (χ0v) is 13.1. The van der Waals surface area contributed by atoms with Crippen molar-refractivity contribution in [2.45, 2.75) is 51.3 Å². The minimum Gasteiger partial charge on any atom is -0.390 e. The largest absolute Gasteiger partial charge is 0.390 e. The number of hydrogen-bond acceptors (Lipinski definition) is 5. The van der Waals surface area contributed by atoms with Gasteiger partial charge in [-0.1, -0.05) is 18.1 Å². The van der Waals surface area contributed by atoms with Gasteiger partial charge in [0, 0.05) is 12.4 Å². The number of carbonyl (C=O) groups is 1. The SMILES string of the molecule is Cc1cncc(C(=O)N[C@H]2CCCC[C@H]2n2cc(CO)nn2)c1. The highest BCUT2D eigenvalue weighted by atomic mass is 16.3. The minimum atomic E-state index is -0.126. The molecular weight excluding hydrogens is 294 g/mol. The summed E-state index contributed by atoms with van der Waals surface area (Å²) in [4.78, 5) is 16.5. The predicted molar refractivity (Wildman–Crippen MR) is 83.7 cm³/mol. The molecule has 2 aromatic heterocycles. The fourth-order valence-electron chi connectivity index (χ4n) is 3.08. The number of nitrogens with zero attached hydrogens (tertiary/aromatic N) is 4. The fraction of sp³-hybridized carbons (Fsp3) is 0.500. The second kappa shape index (κ2) is 6.87. The minimum absolute atomic E-state index is 0.00463. The van der Waals surface area contributed by atoms with E-state index < -0.39 is 0 Å². The summed E-state index contributed by atoms with van der Waals surface area (Å²) in [6.45, 7) is 1.79. The Kier molecular flexibility index (Phi) is 4.66. The highest BCUT2D eigenvalue weighted by molar-refractivity contribution is 5.94. The number of rotatable bonds is 4. The molecule has 0 saturated heterocycles. The number of aliphatic hydroxyl groups is 1. The van der Waals surface area contributed by atoms with E-state index in [0.717, 1.165) is 31.2 Å². The average Bonchev–Trinajstić information content (AvgIpc) is 3.04. The van der Waals surface area contributed by atoms with E-state index in [2.05, 4.69) is 20.6 Å². The summed E-state index contributed by atoms with van der Waals surface area (Å²) in [5, 5.41) is 20.3. The van der Waals surface area contributed by atoms with Gasteiger partial charge in [0.2, 0.25) is 0 Å². The van der Waals surface area contributed by atoms with Crippen molar-refractivity contribution in [2.75, 3.05) is 0 Å². The third-order valence-electron chi connectivity index (χ3n) is 4.24. The maximum atomic E-state index is 12.5. The van der Waals surface area contributed by atoms with Crippen LogP contribution in [0.3, 0.4) is 0 Å². The maximum Gasteiger partial charge on any atom is 0.253 e. The molecule has 23 heavy (non-hydrogen) atoms. The van der Waals surface area contributed by atoms with Crippen LogP contribution in [0, 0.1) is 6.92 Å². The topological polar surface area (TPSA) is 92.9 Å². The molecule has 0 bridgehead atoms. The molecule has 0 unspecified atom stereocenters. The second-order valence-corrected chi connectivity index (χ2v) is 6.03. The lowest BCUT2D eigenvalue weighted by molar-refractivity contribution is 0.0904. The molecule has 2 N–H and O–H groups in total. The summed E-state index contributed by atoms with van der Waals surface area (Å²) in [7, 11) is 0. The number of hydrogen-bond donors (Lipinski definition) is 2. The van der Waals surface area contributed by atoms with E-state index in [9.17, 15) is 4.79 Å². The highest BCUT2D eigenvalue weighted by Crippen LogP contribution is 2.28. The van der Waals surface area contributed by atoms with Gasteiger partial charge in [0.05, 0.1) is 30.5 Å². The molecule has 3 rings (SSSR count). The third kappa shape index (κ3) is 3.56. The van der Waals surface area contributed by atoms with Gasteiger partial charge in [-0.2, -0.15) is 0 Å². The summed E-state index contributed by atoms with van der Waals surface area (Å²) in [5.41, 5.74) is 2.08. The van der Waals surface area contributed by atoms with Gasteiger partial charge >= 0.3 is 0 Å². The van der Waals surface area contributed by atoms with Gasteiger partial charge in [0.25, 0.3) is 5.91 Å². The molecule has 2 heterocycles. The summed E-state index contributed by atoms with van der Waals surface area (Å²) in [5.74, 6) is -0.111. The monoisotopic (exact) mass is 315 g/mol. The smallest absolute Gasteiger partial charge is 0.253 e. The fourth-order valence-corrected chi connectivity index (χ4v) is 3.08. The van der Waals surface area contributed by atoms with Crippen molar-refractivity contribution in [1.29, 1.82) is 0 Å². The molecule has 1 aliphatic rings. The lowest BCUT2D eigenvalue weighted by atomic mass is 9.90. The van der Waals surface area contributed by atoms with Gasteiger partial charge in [-0.15, -0.1) is 5.10 Å². The third-order valence-corrected chi connectivity index (χ3v) is 4.24.